The largest absolute Gasteiger partial charge is 0.453 e. The molecule has 0 saturated carbocycles. The predicted molar refractivity (Wildman–Crippen MR) is 96.1 cm³/mol. The minimum Gasteiger partial charge on any atom is -0.453 e. The van der Waals surface area contributed by atoms with Crippen molar-refractivity contribution >= 4 is 28.0 Å². The summed E-state index contributed by atoms with van der Waals surface area (Å²) in [6.45, 7) is 0. The van der Waals surface area contributed by atoms with Gasteiger partial charge in [-0.25, -0.2) is 13.2 Å². The molecule has 0 aliphatic heterocycles. The monoisotopic (exact) mass is 363 g/mol. The molecule has 2 aromatic carbocycles. The maximum absolute atomic E-state index is 14.9. The van der Waals surface area contributed by atoms with Gasteiger partial charge in [0.05, 0.1) is 16.8 Å². The summed E-state index contributed by atoms with van der Waals surface area (Å²) in [5.74, 6) is -2.68. The van der Waals surface area contributed by atoms with Crippen molar-refractivity contribution in [1.29, 1.82) is 0 Å². The molecule has 3 rings (SSSR count). The number of hydrogen-bond acceptors (Lipinski definition) is 5. The molecule has 3 aromatic rings. The minimum atomic E-state index is -1.02. The SMILES string of the molecule is CNc1c(F)c(N(C)C)c(F)c2oc(-c3ccc(N)c(F)c3)cc(=O)c12. The van der Waals surface area contributed by atoms with Crippen molar-refractivity contribution in [3.8, 4) is 11.3 Å². The summed E-state index contributed by atoms with van der Waals surface area (Å²) in [4.78, 5) is 13.8. The molecule has 0 radical (unpaired) electrons. The van der Waals surface area contributed by atoms with Crippen LogP contribution in [0.5, 0.6) is 0 Å². The van der Waals surface area contributed by atoms with E-state index in [0.29, 0.717) is 0 Å². The zero-order valence-electron chi connectivity index (χ0n) is 14.3. The van der Waals surface area contributed by atoms with Crippen LogP contribution in [0.25, 0.3) is 22.3 Å². The van der Waals surface area contributed by atoms with Crippen molar-refractivity contribution in [1.82, 2.24) is 0 Å². The van der Waals surface area contributed by atoms with Gasteiger partial charge in [0.2, 0.25) is 0 Å². The Kier molecular flexibility index (Phi) is 4.27. The van der Waals surface area contributed by atoms with Crippen molar-refractivity contribution in [2.24, 2.45) is 0 Å². The van der Waals surface area contributed by atoms with Crippen LogP contribution in [-0.4, -0.2) is 21.1 Å². The number of halogens is 3. The normalized spacial score (nSPS) is 11.0. The van der Waals surface area contributed by atoms with Gasteiger partial charge in [0.1, 0.15) is 17.3 Å². The molecule has 26 heavy (non-hydrogen) atoms. The molecule has 0 amide bonds. The van der Waals surface area contributed by atoms with E-state index in [9.17, 15) is 18.0 Å². The van der Waals surface area contributed by atoms with Crippen LogP contribution in [0.2, 0.25) is 0 Å². The van der Waals surface area contributed by atoms with E-state index in [2.05, 4.69) is 5.32 Å². The minimum absolute atomic E-state index is 0.0568. The zero-order chi connectivity index (χ0) is 19.2. The van der Waals surface area contributed by atoms with E-state index in [-0.39, 0.29) is 33.8 Å². The standard InChI is InChI=1S/C18H16F3N3O2/c1-23-16-13-11(25)7-12(8-4-5-10(22)9(19)6-8)26-18(13)15(21)17(14(16)20)24(2)3/h4-7,23H,22H2,1-3H3. The smallest absolute Gasteiger partial charge is 0.195 e. The van der Waals surface area contributed by atoms with E-state index in [1.54, 1.807) is 0 Å². The lowest BCUT2D eigenvalue weighted by molar-refractivity contribution is 0.545. The molecule has 1 heterocycles. The van der Waals surface area contributed by atoms with Crippen LogP contribution in [0.15, 0.2) is 33.5 Å². The summed E-state index contributed by atoms with van der Waals surface area (Å²) < 4.78 is 48.7. The predicted octanol–water partition coefficient (Wildman–Crippen LogP) is 3.57. The molecule has 0 aliphatic rings. The third-order valence-corrected chi connectivity index (χ3v) is 4.01. The van der Waals surface area contributed by atoms with Crippen LogP contribution in [0, 0.1) is 17.5 Å². The van der Waals surface area contributed by atoms with Gasteiger partial charge in [-0.2, -0.15) is 0 Å². The number of rotatable bonds is 3. The van der Waals surface area contributed by atoms with Crippen LogP contribution in [-0.2, 0) is 0 Å². The molecule has 136 valence electrons. The third-order valence-electron chi connectivity index (χ3n) is 4.01. The van der Waals surface area contributed by atoms with Crippen LogP contribution in [0.4, 0.5) is 30.2 Å². The molecule has 0 aliphatic carbocycles. The Labute approximate surface area is 146 Å². The molecular formula is C18H16F3N3O2. The van der Waals surface area contributed by atoms with Crippen molar-refractivity contribution in [2.75, 3.05) is 37.1 Å². The summed E-state index contributed by atoms with van der Waals surface area (Å²) in [6.07, 6.45) is 0. The van der Waals surface area contributed by atoms with E-state index in [0.717, 1.165) is 12.1 Å². The zero-order valence-corrected chi connectivity index (χ0v) is 14.3. The van der Waals surface area contributed by atoms with E-state index < -0.39 is 28.5 Å². The van der Waals surface area contributed by atoms with E-state index in [4.69, 9.17) is 10.2 Å². The molecule has 0 bridgehead atoms. The van der Waals surface area contributed by atoms with Gasteiger partial charge in [-0.05, 0) is 18.2 Å². The Bertz CT molecular complexity index is 1080. The number of nitrogens with one attached hydrogen (secondary N) is 1. The summed E-state index contributed by atoms with van der Waals surface area (Å²) in [5, 5.41) is 2.32. The van der Waals surface area contributed by atoms with E-state index >= 15 is 0 Å². The molecule has 1 aromatic heterocycles. The Morgan fingerprint density at radius 3 is 2.38 bits per heavy atom. The molecule has 3 N–H and O–H groups in total. The first-order valence-electron chi connectivity index (χ1n) is 7.65. The summed E-state index contributed by atoms with van der Waals surface area (Å²) in [6, 6.07) is 4.88. The first-order chi connectivity index (χ1) is 12.3. The first kappa shape index (κ1) is 17.7. The molecule has 0 atom stereocenters. The van der Waals surface area contributed by atoms with Gasteiger partial charge < -0.3 is 20.4 Å². The van der Waals surface area contributed by atoms with Crippen LogP contribution in [0.1, 0.15) is 0 Å². The fourth-order valence-electron chi connectivity index (χ4n) is 2.77. The fraction of sp³-hybridized carbons (Fsp3) is 0.167. The highest BCUT2D eigenvalue weighted by atomic mass is 19.1. The molecule has 8 heteroatoms. The Morgan fingerprint density at radius 2 is 1.81 bits per heavy atom. The number of benzene rings is 2. The maximum Gasteiger partial charge on any atom is 0.195 e. The molecule has 0 unspecified atom stereocenters. The van der Waals surface area contributed by atoms with Gasteiger partial charge in [-0.1, -0.05) is 0 Å². The van der Waals surface area contributed by atoms with Crippen molar-refractivity contribution in [3.63, 3.8) is 0 Å². The van der Waals surface area contributed by atoms with Gasteiger partial charge in [0, 0.05) is 32.8 Å². The number of hydrogen-bond donors (Lipinski definition) is 2. The number of fused-ring (bicyclic) bond motifs is 1. The second-order valence-electron chi connectivity index (χ2n) is 5.91. The van der Waals surface area contributed by atoms with Crippen molar-refractivity contribution < 1.29 is 17.6 Å². The van der Waals surface area contributed by atoms with Gasteiger partial charge in [-0.15, -0.1) is 0 Å². The Morgan fingerprint density at radius 1 is 1.12 bits per heavy atom. The fourth-order valence-corrected chi connectivity index (χ4v) is 2.77. The van der Waals surface area contributed by atoms with Gasteiger partial charge in [-0.3, -0.25) is 4.79 Å². The lowest BCUT2D eigenvalue weighted by atomic mass is 10.1. The Hall–Kier alpha value is -3.16. The number of nitrogen functional groups attached to an aromatic ring is 1. The third kappa shape index (κ3) is 2.63. The first-order valence-corrected chi connectivity index (χ1v) is 7.65. The number of nitrogens with two attached hydrogens (primary N) is 1. The van der Waals surface area contributed by atoms with Crippen LogP contribution in [0.3, 0.4) is 0 Å². The molecule has 0 saturated heterocycles. The number of anilines is 3. The van der Waals surface area contributed by atoms with Crippen molar-refractivity contribution in [2.45, 2.75) is 0 Å². The molecular weight excluding hydrogens is 347 g/mol. The quantitative estimate of drug-likeness (QED) is 0.696. The lowest BCUT2D eigenvalue weighted by Crippen LogP contribution is -2.16. The number of nitrogens with zero attached hydrogens (tertiary/aromatic N) is 1. The van der Waals surface area contributed by atoms with Crippen molar-refractivity contribution in [3.05, 3.63) is 51.9 Å². The average Bonchev–Trinajstić information content (AvgIpc) is 2.58. The van der Waals surface area contributed by atoms with Crippen LogP contribution >= 0.6 is 0 Å². The van der Waals surface area contributed by atoms with E-state index in [1.165, 1.54) is 38.2 Å². The summed E-state index contributed by atoms with van der Waals surface area (Å²) >= 11 is 0. The van der Waals surface area contributed by atoms with E-state index in [1.807, 2.05) is 0 Å². The van der Waals surface area contributed by atoms with Crippen LogP contribution < -0.4 is 21.4 Å². The second-order valence-corrected chi connectivity index (χ2v) is 5.91. The van der Waals surface area contributed by atoms with Gasteiger partial charge in [0.15, 0.2) is 22.6 Å². The highest BCUT2D eigenvalue weighted by molar-refractivity contribution is 5.95. The van der Waals surface area contributed by atoms with Gasteiger partial charge >= 0.3 is 0 Å². The highest BCUT2D eigenvalue weighted by Gasteiger charge is 2.25. The highest BCUT2D eigenvalue weighted by Crippen LogP contribution is 2.37. The summed E-state index contributed by atoms with van der Waals surface area (Å²) in [7, 11) is 4.34. The molecule has 0 fully saturated rings. The molecule has 5 nitrogen and oxygen atoms in total. The second kappa shape index (κ2) is 6.29. The van der Waals surface area contributed by atoms with Gasteiger partial charge in [0.25, 0.3) is 0 Å². The maximum atomic E-state index is 14.9. The average molecular weight is 363 g/mol. The Balaban J connectivity index is 2.41. The topological polar surface area (TPSA) is 71.5 Å². The molecule has 0 spiro atoms. The lowest BCUT2D eigenvalue weighted by Gasteiger charge is -2.18. The summed E-state index contributed by atoms with van der Waals surface area (Å²) in [5.41, 5.74) is 3.96.